The Morgan fingerprint density at radius 3 is 3.00 bits per heavy atom. The number of hydrogen-bond acceptors (Lipinski definition) is 4. The summed E-state index contributed by atoms with van der Waals surface area (Å²) >= 11 is 0. The second-order valence-electron chi connectivity index (χ2n) is 5.37. The molecule has 3 heterocycles. The van der Waals surface area contributed by atoms with Crippen LogP contribution in [0.25, 0.3) is 16.9 Å². The first-order valence-corrected chi connectivity index (χ1v) is 7.17. The van der Waals surface area contributed by atoms with Gasteiger partial charge >= 0.3 is 0 Å². The Hall–Kier alpha value is -3.15. The minimum atomic E-state index is -0.198. The Morgan fingerprint density at radius 2 is 2.17 bits per heavy atom. The average Bonchev–Trinajstić information content (AvgIpc) is 2.94. The third-order valence-electron chi connectivity index (χ3n) is 3.87. The summed E-state index contributed by atoms with van der Waals surface area (Å²) in [7, 11) is 0. The SMILES string of the molecule is Cc1cccc2nc(-c3ccc4c(c3)NC(=O)CO4)c(C=O)n12. The Labute approximate surface area is 131 Å². The number of aldehydes is 1. The minimum Gasteiger partial charge on any atom is -0.482 e. The maximum Gasteiger partial charge on any atom is 0.262 e. The van der Waals surface area contributed by atoms with E-state index in [-0.39, 0.29) is 12.5 Å². The highest BCUT2D eigenvalue weighted by atomic mass is 16.5. The van der Waals surface area contributed by atoms with Crippen molar-refractivity contribution in [2.45, 2.75) is 6.92 Å². The zero-order chi connectivity index (χ0) is 16.0. The number of imidazole rings is 1. The van der Waals surface area contributed by atoms with Crippen LogP contribution in [0.4, 0.5) is 5.69 Å². The highest BCUT2D eigenvalue weighted by molar-refractivity contribution is 5.97. The molecule has 1 aliphatic rings. The number of aryl methyl sites for hydroxylation is 1. The Kier molecular flexibility index (Phi) is 2.90. The maximum atomic E-state index is 11.6. The first-order chi connectivity index (χ1) is 11.2. The molecule has 1 N–H and O–H groups in total. The number of nitrogens with zero attached hydrogens (tertiary/aromatic N) is 2. The van der Waals surface area contributed by atoms with Crippen molar-refractivity contribution in [3.8, 4) is 17.0 Å². The third kappa shape index (κ3) is 2.07. The molecular formula is C17H13N3O3. The number of fused-ring (bicyclic) bond motifs is 2. The van der Waals surface area contributed by atoms with Crippen LogP contribution in [0.2, 0.25) is 0 Å². The first-order valence-electron chi connectivity index (χ1n) is 7.17. The molecule has 0 spiro atoms. The molecule has 0 unspecified atom stereocenters. The molecule has 23 heavy (non-hydrogen) atoms. The molecule has 0 fully saturated rings. The summed E-state index contributed by atoms with van der Waals surface area (Å²) in [5, 5.41) is 2.77. The summed E-state index contributed by atoms with van der Waals surface area (Å²) in [5.74, 6) is 0.414. The number of rotatable bonds is 2. The van der Waals surface area contributed by atoms with Crippen LogP contribution < -0.4 is 10.1 Å². The first kappa shape index (κ1) is 13.5. The molecule has 0 atom stereocenters. The molecule has 114 valence electrons. The molecule has 0 radical (unpaired) electrons. The summed E-state index contributed by atoms with van der Waals surface area (Å²) in [6.07, 6.45) is 0.802. The van der Waals surface area contributed by atoms with Crippen LogP contribution in [0, 0.1) is 6.92 Å². The topological polar surface area (TPSA) is 72.7 Å². The monoisotopic (exact) mass is 307 g/mol. The van der Waals surface area contributed by atoms with Crippen LogP contribution in [0.3, 0.4) is 0 Å². The summed E-state index contributed by atoms with van der Waals surface area (Å²) in [4.78, 5) is 27.6. The lowest BCUT2D eigenvalue weighted by Gasteiger charge is -2.18. The fraction of sp³-hybridized carbons (Fsp3) is 0.118. The zero-order valence-electron chi connectivity index (χ0n) is 12.4. The van der Waals surface area contributed by atoms with Crippen molar-refractivity contribution in [2.75, 3.05) is 11.9 Å². The van der Waals surface area contributed by atoms with Gasteiger partial charge in [-0.2, -0.15) is 0 Å². The Bertz CT molecular complexity index is 959. The number of hydrogen-bond donors (Lipinski definition) is 1. The van der Waals surface area contributed by atoms with Crippen LogP contribution in [0.5, 0.6) is 5.75 Å². The fourth-order valence-electron chi connectivity index (χ4n) is 2.83. The van der Waals surface area contributed by atoms with E-state index in [0.717, 1.165) is 17.5 Å². The van der Waals surface area contributed by atoms with Gasteiger partial charge in [-0.3, -0.25) is 14.0 Å². The molecule has 0 bridgehead atoms. The maximum absolute atomic E-state index is 11.6. The van der Waals surface area contributed by atoms with Gasteiger partial charge in [0.1, 0.15) is 22.8 Å². The number of carbonyl (C=O) groups is 2. The minimum absolute atomic E-state index is 0.0134. The van der Waals surface area contributed by atoms with Crippen molar-refractivity contribution in [1.82, 2.24) is 9.38 Å². The molecule has 1 aromatic carbocycles. The number of pyridine rings is 1. The van der Waals surface area contributed by atoms with E-state index in [0.29, 0.717) is 28.5 Å². The molecule has 0 aliphatic carbocycles. The lowest BCUT2D eigenvalue weighted by molar-refractivity contribution is -0.118. The van der Waals surface area contributed by atoms with Gasteiger partial charge in [0.2, 0.25) is 0 Å². The summed E-state index contributed by atoms with van der Waals surface area (Å²) in [6.45, 7) is 1.94. The molecule has 0 saturated carbocycles. The smallest absolute Gasteiger partial charge is 0.262 e. The third-order valence-corrected chi connectivity index (χ3v) is 3.87. The quantitative estimate of drug-likeness (QED) is 0.738. The van der Waals surface area contributed by atoms with E-state index in [1.165, 1.54) is 0 Å². The summed E-state index contributed by atoms with van der Waals surface area (Å²) in [5.41, 5.74) is 4.04. The predicted molar refractivity (Wildman–Crippen MR) is 84.9 cm³/mol. The Balaban J connectivity index is 1.93. The van der Waals surface area contributed by atoms with Crippen LogP contribution in [-0.4, -0.2) is 28.2 Å². The normalized spacial score (nSPS) is 13.3. The van der Waals surface area contributed by atoms with E-state index in [1.54, 1.807) is 12.1 Å². The van der Waals surface area contributed by atoms with E-state index in [2.05, 4.69) is 10.3 Å². The van der Waals surface area contributed by atoms with Crippen molar-refractivity contribution < 1.29 is 14.3 Å². The average molecular weight is 307 g/mol. The van der Waals surface area contributed by atoms with Gasteiger partial charge in [-0.05, 0) is 37.3 Å². The second-order valence-corrected chi connectivity index (χ2v) is 5.37. The van der Waals surface area contributed by atoms with Gasteiger partial charge in [0.15, 0.2) is 12.9 Å². The van der Waals surface area contributed by atoms with Gasteiger partial charge in [-0.15, -0.1) is 0 Å². The van der Waals surface area contributed by atoms with Gasteiger partial charge < -0.3 is 10.1 Å². The fourth-order valence-corrected chi connectivity index (χ4v) is 2.83. The lowest BCUT2D eigenvalue weighted by Crippen LogP contribution is -2.25. The number of aromatic nitrogens is 2. The number of benzene rings is 1. The van der Waals surface area contributed by atoms with Gasteiger partial charge in [0.05, 0.1) is 5.69 Å². The number of carbonyl (C=O) groups excluding carboxylic acids is 2. The number of amides is 1. The standard InChI is InChI=1S/C17H13N3O3/c1-10-3-2-4-15-19-17(13(8-21)20(10)15)11-5-6-14-12(7-11)18-16(22)9-23-14/h2-8H,9H2,1H3,(H,18,22). The molecule has 1 amide bonds. The van der Waals surface area contributed by atoms with Crippen molar-refractivity contribution in [2.24, 2.45) is 0 Å². The van der Waals surface area contributed by atoms with E-state index in [4.69, 9.17) is 4.74 Å². The number of anilines is 1. The van der Waals surface area contributed by atoms with E-state index in [1.807, 2.05) is 35.6 Å². The van der Waals surface area contributed by atoms with Crippen LogP contribution in [0.15, 0.2) is 36.4 Å². The molecule has 1 aliphatic heterocycles. The predicted octanol–water partition coefficient (Wildman–Crippen LogP) is 2.45. The highest BCUT2D eigenvalue weighted by Crippen LogP contribution is 2.33. The van der Waals surface area contributed by atoms with Gasteiger partial charge in [0.25, 0.3) is 5.91 Å². The Morgan fingerprint density at radius 1 is 1.30 bits per heavy atom. The second kappa shape index (κ2) is 4.95. The van der Waals surface area contributed by atoms with Crippen LogP contribution in [-0.2, 0) is 4.79 Å². The molecule has 3 aromatic rings. The van der Waals surface area contributed by atoms with Crippen molar-refractivity contribution in [1.29, 1.82) is 0 Å². The number of nitrogens with one attached hydrogen (secondary N) is 1. The molecule has 0 saturated heterocycles. The molecule has 6 heteroatoms. The van der Waals surface area contributed by atoms with E-state index < -0.39 is 0 Å². The molecule has 4 rings (SSSR count). The van der Waals surface area contributed by atoms with Gasteiger partial charge in [0, 0.05) is 11.3 Å². The summed E-state index contributed by atoms with van der Waals surface area (Å²) in [6, 6.07) is 11.1. The van der Waals surface area contributed by atoms with E-state index in [9.17, 15) is 9.59 Å². The molecule has 2 aromatic heterocycles. The van der Waals surface area contributed by atoms with Crippen molar-refractivity contribution in [3.63, 3.8) is 0 Å². The lowest BCUT2D eigenvalue weighted by atomic mass is 10.1. The largest absolute Gasteiger partial charge is 0.482 e. The zero-order valence-corrected chi connectivity index (χ0v) is 12.4. The van der Waals surface area contributed by atoms with Gasteiger partial charge in [-0.25, -0.2) is 4.98 Å². The van der Waals surface area contributed by atoms with Crippen LogP contribution >= 0.6 is 0 Å². The highest BCUT2D eigenvalue weighted by Gasteiger charge is 2.19. The van der Waals surface area contributed by atoms with Crippen molar-refractivity contribution >= 4 is 23.5 Å². The van der Waals surface area contributed by atoms with Crippen LogP contribution in [0.1, 0.15) is 16.2 Å². The van der Waals surface area contributed by atoms with Crippen molar-refractivity contribution in [3.05, 3.63) is 47.8 Å². The number of ether oxygens (including phenoxy) is 1. The van der Waals surface area contributed by atoms with E-state index >= 15 is 0 Å². The van der Waals surface area contributed by atoms with Gasteiger partial charge in [-0.1, -0.05) is 6.07 Å². The molecule has 6 nitrogen and oxygen atoms in total. The summed E-state index contributed by atoms with van der Waals surface area (Å²) < 4.78 is 7.17. The molecular weight excluding hydrogens is 294 g/mol.